The van der Waals surface area contributed by atoms with Crippen LogP contribution in [0.5, 0.6) is 0 Å². The lowest BCUT2D eigenvalue weighted by Crippen LogP contribution is -1.92. The standard InChI is InChI=1S/C20H34O/c1-3-4-5-6-7-8-9-10-11-12-13-19-14-16-20(17-15-19)18(2)21/h14-18,21H,3-13H2,1-2H3. The van der Waals surface area contributed by atoms with Crippen LogP contribution in [0, 0.1) is 0 Å². The third-order valence-electron chi connectivity index (χ3n) is 4.28. The minimum Gasteiger partial charge on any atom is -0.389 e. The Morgan fingerprint density at radius 2 is 1.24 bits per heavy atom. The molecule has 0 spiro atoms. The van der Waals surface area contributed by atoms with Crippen molar-refractivity contribution in [2.45, 2.75) is 90.6 Å². The third kappa shape index (κ3) is 8.93. The molecular weight excluding hydrogens is 256 g/mol. The van der Waals surface area contributed by atoms with E-state index < -0.39 is 0 Å². The summed E-state index contributed by atoms with van der Waals surface area (Å²) >= 11 is 0. The average Bonchev–Trinajstić information content (AvgIpc) is 2.49. The number of aliphatic hydroxyl groups excluding tert-OH is 1. The van der Waals surface area contributed by atoms with Crippen LogP contribution in [-0.2, 0) is 6.42 Å². The second-order valence-corrected chi connectivity index (χ2v) is 6.35. The monoisotopic (exact) mass is 290 g/mol. The summed E-state index contributed by atoms with van der Waals surface area (Å²) in [6.45, 7) is 4.09. The van der Waals surface area contributed by atoms with Crippen LogP contribution in [0.3, 0.4) is 0 Å². The highest BCUT2D eigenvalue weighted by Gasteiger charge is 2.00. The summed E-state index contributed by atoms with van der Waals surface area (Å²) in [5.41, 5.74) is 2.42. The average molecular weight is 290 g/mol. The smallest absolute Gasteiger partial charge is 0.0761 e. The van der Waals surface area contributed by atoms with Crippen LogP contribution in [-0.4, -0.2) is 5.11 Å². The van der Waals surface area contributed by atoms with Crippen molar-refractivity contribution in [2.75, 3.05) is 0 Å². The minimum atomic E-state index is -0.351. The van der Waals surface area contributed by atoms with E-state index in [2.05, 4.69) is 31.2 Å². The van der Waals surface area contributed by atoms with Gasteiger partial charge in [0.2, 0.25) is 0 Å². The van der Waals surface area contributed by atoms with E-state index in [1.807, 2.05) is 6.92 Å². The lowest BCUT2D eigenvalue weighted by molar-refractivity contribution is 0.199. The Kier molecular flexibility index (Phi) is 10.2. The molecule has 0 aliphatic heterocycles. The van der Waals surface area contributed by atoms with Gasteiger partial charge in [0.1, 0.15) is 0 Å². The van der Waals surface area contributed by atoms with Crippen LogP contribution in [0.25, 0.3) is 0 Å². The Bertz CT molecular complexity index is 339. The SMILES string of the molecule is CCCCCCCCCCCCc1ccc(C(C)O)cc1. The number of rotatable bonds is 12. The van der Waals surface area contributed by atoms with Gasteiger partial charge >= 0.3 is 0 Å². The molecule has 1 nitrogen and oxygen atoms in total. The highest BCUT2D eigenvalue weighted by Crippen LogP contribution is 2.15. The molecule has 0 aliphatic carbocycles. The molecule has 0 fully saturated rings. The van der Waals surface area contributed by atoms with Crippen molar-refractivity contribution in [3.05, 3.63) is 35.4 Å². The number of hydrogen-bond acceptors (Lipinski definition) is 1. The van der Waals surface area contributed by atoms with Crippen LogP contribution in [0.4, 0.5) is 0 Å². The van der Waals surface area contributed by atoms with Crippen molar-refractivity contribution in [3.63, 3.8) is 0 Å². The van der Waals surface area contributed by atoms with Gasteiger partial charge in [-0.15, -0.1) is 0 Å². The molecule has 21 heavy (non-hydrogen) atoms. The highest BCUT2D eigenvalue weighted by atomic mass is 16.3. The maximum absolute atomic E-state index is 9.48. The first-order valence-electron chi connectivity index (χ1n) is 9.01. The molecule has 0 saturated heterocycles. The number of hydrogen-bond donors (Lipinski definition) is 1. The van der Waals surface area contributed by atoms with Gasteiger partial charge in [0, 0.05) is 0 Å². The second kappa shape index (κ2) is 11.8. The molecule has 1 heteroatoms. The fourth-order valence-corrected chi connectivity index (χ4v) is 2.78. The minimum absolute atomic E-state index is 0.351. The quantitative estimate of drug-likeness (QED) is 0.454. The van der Waals surface area contributed by atoms with Crippen LogP contribution in [0.2, 0.25) is 0 Å². The van der Waals surface area contributed by atoms with Crippen molar-refractivity contribution >= 4 is 0 Å². The predicted octanol–water partition coefficient (Wildman–Crippen LogP) is 6.20. The summed E-state index contributed by atoms with van der Waals surface area (Å²) in [6.07, 6.45) is 14.7. The maximum Gasteiger partial charge on any atom is 0.0761 e. The fourth-order valence-electron chi connectivity index (χ4n) is 2.78. The van der Waals surface area contributed by atoms with E-state index in [1.54, 1.807) is 0 Å². The van der Waals surface area contributed by atoms with E-state index in [4.69, 9.17) is 0 Å². The van der Waals surface area contributed by atoms with E-state index in [0.29, 0.717) is 0 Å². The molecule has 0 bridgehead atoms. The van der Waals surface area contributed by atoms with Gasteiger partial charge in [-0.3, -0.25) is 0 Å². The van der Waals surface area contributed by atoms with E-state index >= 15 is 0 Å². The van der Waals surface area contributed by atoms with Crippen LogP contribution < -0.4 is 0 Å². The number of unbranched alkanes of at least 4 members (excludes halogenated alkanes) is 9. The van der Waals surface area contributed by atoms with Crippen LogP contribution >= 0.6 is 0 Å². The van der Waals surface area contributed by atoms with Crippen LogP contribution in [0.15, 0.2) is 24.3 Å². The number of benzene rings is 1. The van der Waals surface area contributed by atoms with Gasteiger partial charge in [-0.05, 0) is 30.9 Å². The highest BCUT2D eigenvalue weighted by molar-refractivity contribution is 5.23. The molecule has 0 amide bonds. The summed E-state index contributed by atoms with van der Waals surface area (Å²) in [5, 5.41) is 9.48. The third-order valence-corrected chi connectivity index (χ3v) is 4.28. The van der Waals surface area contributed by atoms with Crippen molar-refractivity contribution in [3.8, 4) is 0 Å². The first-order chi connectivity index (χ1) is 10.2. The maximum atomic E-state index is 9.48. The summed E-state index contributed by atoms with van der Waals surface area (Å²) in [7, 11) is 0. The predicted molar refractivity (Wildman–Crippen MR) is 92.6 cm³/mol. The first-order valence-corrected chi connectivity index (χ1v) is 9.01. The Morgan fingerprint density at radius 3 is 1.71 bits per heavy atom. The van der Waals surface area contributed by atoms with Crippen molar-refractivity contribution in [2.24, 2.45) is 0 Å². The Morgan fingerprint density at radius 1 is 0.762 bits per heavy atom. The number of aliphatic hydroxyl groups is 1. The fraction of sp³-hybridized carbons (Fsp3) is 0.700. The molecule has 1 N–H and O–H groups in total. The van der Waals surface area contributed by atoms with E-state index in [-0.39, 0.29) is 6.10 Å². The van der Waals surface area contributed by atoms with Crippen molar-refractivity contribution in [1.82, 2.24) is 0 Å². The molecule has 1 aromatic rings. The molecular formula is C20H34O. The Labute approximate surface area is 131 Å². The molecule has 0 radical (unpaired) electrons. The molecule has 0 aliphatic rings. The van der Waals surface area contributed by atoms with Crippen molar-refractivity contribution < 1.29 is 5.11 Å². The van der Waals surface area contributed by atoms with Gasteiger partial charge in [0.05, 0.1) is 6.10 Å². The first kappa shape index (κ1) is 18.2. The van der Waals surface area contributed by atoms with Gasteiger partial charge in [0.25, 0.3) is 0 Å². The van der Waals surface area contributed by atoms with Gasteiger partial charge in [0.15, 0.2) is 0 Å². The molecule has 0 heterocycles. The normalized spacial score (nSPS) is 12.5. The topological polar surface area (TPSA) is 20.2 Å². The van der Waals surface area contributed by atoms with Gasteiger partial charge < -0.3 is 5.11 Å². The second-order valence-electron chi connectivity index (χ2n) is 6.35. The van der Waals surface area contributed by atoms with Crippen LogP contribution in [0.1, 0.15) is 95.3 Å². The Balaban J connectivity index is 1.96. The summed E-state index contributed by atoms with van der Waals surface area (Å²) in [4.78, 5) is 0. The molecule has 1 rings (SSSR count). The van der Waals surface area contributed by atoms with Crippen molar-refractivity contribution in [1.29, 1.82) is 0 Å². The lowest BCUT2D eigenvalue weighted by atomic mass is 10.0. The van der Waals surface area contributed by atoms with Gasteiger partial charge in [-0.2, -0.15) is 0 Å². The molecule has 1 aromatic carbocycles. The zero-order chi connectivity index (χ0) is 15.3. The summed E-state index contributed by atoms with van der Waals surface area (Å²) in [6, 6.07) is 8.43. The van der Waals surface area contributed by atoms with Gasteiger partial charge in [-0.25, -0.2) is 0 Å². The van der Waals surface area contributed by atoms with Gasteiger partial charge in [-0.1, -0.05) is 89.0 Å². The largest absolute Gasteiger partial charge is 0.389 e. The lowest BCUT2D eigenvalue weighted by Gasteiger charge is -2.06. The van der Waals surface area contributed by atoms with E-state index in [0.717, 1.165) is 5.56 Å². The summed E-state index contributed by atoms with van der Waals surface area (Å²) < 4.78 is 0. The Hall–Kier alpha value is -0.820. The van der Waals surface area contributed by atoms with E-state index in [1.165, 1.54) is 76.2 Å². The molecule has 1 unspecified atom stereocenters. The molecule has 0 saturated carbocycles. The summed E-state index contributed by atoms with van der Waals surface area (Å²) in [5.74, 6) is 0. The zero-order valence-corrected chi connectivity index (χ0v) is 14.1. The number of aryl methyl sites for hydroxylation is 1. The van der Waals surface area contributed by atoms with E-state index in [9.17, 15) is 5.11 Å². The molecule has 0 aromatic heterocycles. The molecule has 1 atom stereocenters. The zero-order valence-electron chi connectivity index (χ0n) is 14.1. The molecule has 120 valence electrons.